The molecule has 114 valence electrons. The lowest BCUT2D eigenvalue weighted by Crippen LogP contribution is -2.23. The molecular weight excluding hydrogens is 346 g/mol. The van der Waals surface area contributed by atoms with E-state index in [1.807, 2.05) is 0 Å². The van der Waals surface area contributed by atoms with Crippen molar-refractivity contribution in [2.75, 3.05) is 0 Å². The van der Waals surface area contributed by atoms with Crippen LogP contribution in [-0.2, 0) is 16.6 Å². The molecule has 3 rings (SSSR count). The van der Waals surface area contributed by atoms with E-state index in [2.05, 4.69) is 14.7 Å². The Labute approximate surface area is 135 Å². The van der Waals surface area contributed by atoms with Gasteiger partial charge in [-0.2, -0.15) is 0 Å². The molecule has 0 saturated heterocycles. The predicted molar refractivity (Wildman–Crippen MR) is 83.1 cm³/mol. The molecule has 0 aliphatic rings. The van der Waals surface area contributed by atoms with Crippen LogP contribution in [0.2, 0.25) is 4.34 Å². The van der Waals surface area contributed by atoms with Gasteiger partial charge in [0.25, 0.3) is 0 Å². The standard InChI is InChI=1S/C13H10ClN3O3S2/c14-11-3-4-12(21-11)22(18,19)17-8-9-13(16-6-5-15-9)10-2-1-7-20-10/h1-7,17H,8H2. The second-order valence-electron chi connectivity index (χ2n) is 4.21. The summed E-state index contributed by atoms with van der Waals surface area (Å²) in [5, 5.41) is 0. The Kier molecular flexibility index (Phi) is 4.25. The number of thiophene rings is 1. The van der Waals surface area contributed by atoms with E-state index >= 15 is 0 Å². The number of sulfonamides is 1. The Morgan fingerprint density at radius 2 is 2.05 bits per heavy atom. The van der Waals surface area contributed by atoms with Gasteiger partial charge in [0.15, 0.2) is 5.76 Å². The minimum Gasteiger partial charge on any atom is -0.463 e. The fraction of sp³-hybridized carbons (Fsp3) is 0.0769. The number of hydrogen-bond donors (Lipinski definition) is 1. The SMILES string of the molecule is O=S(=O)(NCc1nccnc1-c1ccco1)c1ccc(Cl)s1. The molecule has 0 aromatic carbocycles. The first-order valence-corrected chi connectivity index (χ1v) is 8.83. The first kappa shape index (κ1) is 15.2. The van der Waals surface area contributed by atoms with Crippen LogP contribution in [0.4, 0.5) is 0 Å². The molecule has 3 aromatic heterocycles. The van der Waals surface area contributed by atoms with Gasteiger partial charge < -0.3 is 4.42 Å². The number of rotatable bonds is 5. The Morgan fingerprint density at radius 1 is 1.23 bits per heavy atom. The first-order valence-electron chi connectivity index (χ1n) is 6.15. The Morgan fingerprint density at radius 3 is 2.73 bits per heavy atom. The normalized spacial score (nSPS) is 11.7. The topological polar surface area (TPSA) is 85.1 Å². The highest BCUT2D eigenvalue weighted by atomic mass is 35.5. The molecule has 0 aliphatic heterocycles. The maximum absolute atomic E-state index is 12.2. The number of hydrogen-bond acceptors (Lipinski definition) is 6. The zero-order valence-corrected chi connectivity index (χ0v) is 13.5. The molecule has 22 heavy (non-hydrogen) atoms. The lowest BCUT2D eigenvalue weighted by Gasteiger charge is -2.07. The van der Waals surface area contributed by atoms with E-state index in [0.717, 1.165) is 11.3 Å². The molecule has 3 aromatic rings. The summed E-state index contributed by atoms with van der Waals surface area (Å²) in [5.41, 5.74) is 0.975. The van der Waals surface area contributed by atoms with Gasteiger partial charge in [0, 0.05) is 12.4 Å². The van der Waals surface area contributed by atoms with Crippen LogP contribution in [0.1, 0.15) is 5.69 Å². The maximum Gasteiger partial charge on any atom is 0.250 e. The van der Waals surface area contributed by atoms with E-state index in [1.54, 1.807) is 12.1 Å². The van der Waals surface area contributed by atoms with Gasteiger partial charge in [0.2, 0.25) is 10.0 Å². The highest BCUT2D eigenvalue weighted by Gasteiger charge is 2.18. The van der Waals surface area contributed by atoms with Crippen molar-refractivity contribution >= 4 is 33.0 Å². The lowest BCUT2D eigenvalue weighted by molar-refractivity contribution is 0.574. The van der Waals surface area contributed by atoms with Gasteiger partial charge in [-0.25, -0.2) is 18.1 Å². The van der Waals surface area contributed by atoms with E-state index < -0.39 is 10.0 Å². The second-order valence-corrected chi connectivity index (χ2v) is 7.92. The number of nitrogens with zero attached hydrogens (tertiary/aromatic N) is 2. The quantitative estimate of drug-likeness (QED) is 0.760. The average Bonchev–Trinajstić information content (AvgIpc) is 3.17. The molecule has 0 saturated carbocycles. The molecule has 0 unspecified atom stereocenters. The van der Waals surface area contributed by atoms with Crippen molar-refractivity contribution in [2.24, 2.45) is 0 Å². The van der Waals surface area contributed by atoms with Gasteiger partial charge in [0.05, 0.1) is 22.8 Å². The summed E-state index contributed by atoms with van der Waals surface area (Å²) < 4.78 is 32.7. The van der Waals surface area contributed by atoms with Crippen LogP contribution in [0.25, 0.3) is 11.5 Å². The summed E-state index contributed by atoms with van der Waals surface area (Å²) in [6, 6.07) is 6.46. The second kappa shape index (κ2) is 6.17. The molecule has 9 heteroatoms. The van der Waals surface area contributed by atoms with Crippen molar-refractivity contribution in [3.8, 4) is 11.5 Å². The zero-order chi connectivity index (χ0) is 15.6. The molecule has 0 aliphatic carbocycles. The summed E-state index contributed by atoms with van der Waals surface area (Å²) in [4.78, 5) is 8.35. The summed E-state index contributed by atoms with van der Waals surface area (Å²) in [6.45, 7) is 0.00171. The minimum absolute atomic E-state index is 0.00171. The monoisotopic (exact) mass is 355 g/mol. The van der Waals surface area contributed by atoms with Crippen molar-refractivity contribution in [2.45, 2.75) is 10.8 Å². The van der Waals surface area contributed by atoms with Crippen molar-refractivity contribution < 1.29 is 12.8 Å². The molecule has 0 fully saturated rings. The molecule has 0 spiro atoms. The third-order valence-corrected chi connectivity index (χ3v) is 5.90. The summed E-state index contributed by atoms with van der Waals surface area (Å²) in [6.07, 6.45) is 4.54. The van der Waals surface area contributed by atoms with Gasteiger partial charge in [0.1, 0.15) is 9.90 Å². The van der Waals surface area contributed by atoms with E-state index in [9.17, 15) is 8.42 Å². The number of furan rings is 1. The van der Waals surface area contributed by atoms with Crippen LogP contribution < -0.4 is 4.72 Å². The molecular formula is C13H10ClN3O3S2. The Hall–Kier alpha value is -1.74. The van der Waals surface area contributed by atoms with Gasteiger partial charge in [-0.1, -0.05) is 11.6 Å². The zero-order valence-electron chi connectivity index (χ0n) is 11.1. The van der Waals surface area contributed by atoms with Crippen LogP contribution in [0.15, 0.2) is 51.5 Å². The molecule has 3 heterocycles. The fourth-order valence-electron chi connectivity index (χ4n) is 1.79. The van der Waals surface area contributed by atoms with Gasteiger partial charge in [-0.05, 0) is 24.3 Å². The average molecular weight is 356 g/mol. The third-order valence-electron chi connectivity index (χ3n) is 2.77. The van der Waals surface area contributed by atoms with Gasteiger partial charge >= 0.3 is 0 Å². The van der Waals surface area contributed by atoms with Crippen LogP contribution in [-0.4, -0.2) is 18.4 Å². The number of halogens is 1. The Bertz CT molecular complexity index is 876. The summed E-state index contributed by atoms with van der Waals surface area (Å²) in [5.74, 6) is 0.529. The molecule has 0 amide bonds. The summed E-state index contributed by atoms with van der Waals surface area (Å²) >= 11 is 6.76. The van der Waals surface area contributed by atoms with E-state index in [0.29, 0.717) is 21.5 Å². The van der Waals surface area contributed by atoms with Crippen molar-refractivity contribution in [1.29, 1.82) is 0 Å². The van der Waals surface area contributed by atoms with E-state index in [1.165, 1.54) is 30.8 Å². The number of nitrogens with one attached hydrogen (secondary N) is 1. The minimum atomic E-state index is -3.64. The van der Waals surface area contributed by atoms with E-state index in [-0.39, 0.29) is 10.8 Å². The largest absolute Gasteiger partial charge is 0.463 e. The van der Waals surface area contributed by atoms with Crippen LogP contribution >= 0.6 is 22.9 Å². The molecule has 0 bridgehead atoms. The summed E-state index contributed by atoms with van der Waals surface area (Å²) in [7, 11) is -3.64. The fourth-order valence-corrected chi connectivity index (χ4v) is 4.31. The maximum atomic E-state index is 12.2. The van der Waals surface area contributed by atoms with E-state index in [4.69, 9.17) is 16.0 Å². The molecule has 1 N–H and O–H groups in total. The smallest absolute Gasteiger partial charge is 0.250 e. The van der Waals surface area contributed by atoms with Crippen molar-refractivity contribution in [3.05, 3.63) is 53.0 Å². The van der Waals surface area contributed by atoms with Gasteiger partial charge in [-0.15, -0.1) is 11.3 Å². The lowest BCUT2D eigenvalue weighted by atomic mass is 10.2. The molecule has 0 radical (unpaired) electrons. The van der Waals surface area contributed by atoms with Crippen LogP contribution in [0.3, 0.4) is 0 Å². The first-order chi connectivity index (χ1) is 10.6. The number of aromatic nitrogens is 2. The predicted octanol–water partition coefficient (Wildman–Crippen LogP) is 2.93. The highest BCUT2D eigenvalue weighted by molar-refractivity contribution is 7.91. The van der Waals surface area contributed by atoms with Gasteiger partial charge in [-0.3, -0.25) is 4.98 Å². The van der Waals surface area contributed by atoms with Crippen LogP contribution in [0, 0.1) is 0 Å². The Balaban J connectivity index is 1.83. The third kappa shape index (κ3) is 3.20. The van der Waals surface area contributed by atoms with Crippen molar-refractivity contribution in [3.63, 3.8) is 0 Å². The van der Waals surface area contributed by atoms with Crippen LogP contribution in [0.5, 0.6) is 0 Å². The molecule has 6 nitrogen and oxygen atoms in total. The highest BCUT2D eigenvalue weighted by Crippen LogP contribution is 2.26. The van der Waals surface area contributed by atoms with Crippen molar-refractivity contribution in [1.82, 2.24) is 14.7 Å². The molecule has 0 atom stereocenters.